The molecule has 2 rings (SSSR count). The normalized spacial score (nSPS) is 11.3. The van der Waals surface area contributed by atoms with E-state index in [1.807, 2.05) is 0 Å². The average molecular weight is 299 g/mol. The Bertz CT molecular complexity index is 666. The maximum absolute atomic E-state index is 14.1. The first kappa shape index (κ1) is 15.0. The van der Waals surface area contributed by atoms with E-state index in [0.29, 0.717) is 0 Å². The number of aromatic nitrogens is 1. The van der Waals surface area contributed by atoms with Gasteiger partial charge in [0, 0.05) is 11.8 Å². The van der Waals surface area contributed by atoms with Crippen molar-refractivity contribution in [3.63, 3.8) is 0 Å². The first-order valence-electron chi connectivity index (χ1n) is 5.75. The van der Waals surface area contributed by atoms with Gasteiger partial charge in [0.15, 0.2) is 5.82 Å². The van der Waals surface area contributed by atoms with Crippen molar-refractivity contribution >= 4 is 5.97 Å². The second-order valence-electron chi connectivity index (χ2n) is 4.09. The number of hydrogen-bond donors (Lipinski definition) is 0. The Kier molecular flexibility index (Phi) is 3.93. The van der Waals surface area contributed by atoms with Crippen LogP contribution in [0.15, 0.2) is 36.5 Å². The van der Waals surface area contributed by atoms with Crippen LogP contribution in [0.25, 0.3) is 11.3 Å². The zero-order valence-corrected chi connectivity index (χ0v) is 10.7. The third-order valence-corrected chi connectivity index (χ3v) is 2.78. The van der Waals surface area contributed by atoms with E-state index in [-0.39, 0.29) is 16.8 Å². The Hall–Kier alpha value is -2.44. The molecule has 0 atom stereocenters. The molecule has 0 radical (unpaired) electrons. The van der Waals surface area contributed by atoms with Crippen molar-refractivity contribution < 1.29 is 27.1 Å². The third-order valence-electron chi connectivity index (χ3n) is 2.78. The number of carbonyl (C=O) groups is 1. The van der Waals surface area contributed by atoms with Gasteiger partial charge in [-0.3, -0.25) is 4.98 Å². The molecule has 0 aliphatic carbocycles. The van der Waals surface area contributed by atoms with Gasteiger partial charge in [-0.05, 0) is 18.2 Å². The molecule has 7 heteroatoms. The van der Waals surface area contributed by atoms with Crippen LogP contribution in [0.3, 0.4) is 0 Å². The molecule has 3 nitrogen and oxygen atoms in total. The number of alkyl halides is 3. The van der Waals surface area contributed by atoms with Gasteiger partial charge in [-0.1, -0.05) is 12.1 Å². The SMILES string of the molecule is COC(=O)c1ccnc(-c2ccc(C(F)(F)F)cc2)c1F. The van der Waals surface area contributed by atoms with E-state index in [1.165, 1.54) is 6.20 Å². The van der Waals surface area contributed by atoms with Crippen molar-refractivity contribution in [2.45, 2.75) is 6.18 Å². The highest BCUT2D eigenvalue weighted by Gasteiger charge is 2.30. The summed E-state index contributed by atoms with van der Waals surface area (Å²) in [5.41, 5.74) is -1.27. The average Bonchev–Trinajstić information content (AvgIpc) is 2.46. The van der Waals surface area contributed by atoms with Gasteiger partial charge in [-0.15, -0.1) is 0 Å². The summed E-state index contributed by atoms with van der Waals surface area (Å²) in [6.07, 6.45) is -3.29. The minimum absolute atomic E-state index is 0.131. The molecule has 0 N–H and O–H groups in total. The van der Waals surface area contributed by atoms with E-state index in [4.69, 9.17) is 0 Å². The van der Waals surface area contributed by atoms with Gasteiger partial charge in [0.2, 0.25) is 0 Å². The second kappa shape index (κ2) is 5.51. The second-order valence-corrected chi connectivity index (χ2v) is 4.09. The van der Waals surface area contributed by atoms with Gasteiger partial charge in [0.05, 0.1) is 18.2 Å². The molecule has 2 aromatic rings. The van der Waals surface area contributed by atoms with Crippen molar-refractivity contribution in [1.29, 1.82) is 0 Å². The summed E-state index contributed by atoms with van der Waals surface area (Å²) >= 11 is 0. The molecule has 0 unspecified atom stereocenters. The minimum atomic E-state index is -4.47. The van der Waals surface area contributed by atoms with E-state index in [9.17, 15) is 22.4 Å². The fourth-order valence-corrected chi connectivity index (χ4v) is 1.73. The van der Waals surface area contributed by atoms with Crippen LogP contribution in [0.1, 0.15) is 15.9 Å². The highest BCUT2D eigenvalue weighted by Crippen LogP contribution is 2.31. The zero-order chi connectivity index (χ0) is 15.6. The minimum Gasteiger partial charge on any atom is -0.465 e. The molecule has 1 aromatic carbocycles. The monoisotopic (exact) mass is 299 g/mol. The number of nitrogens with zero attached hydrogens (tertiary/aromatic N) is 1. The molecule has 0 aliphatic rings. The summed E-state index contributed by atoms with van der Waals surface area (Å²) in [7, 11) is 1.10. The first-order valence-corrected chi connectivity index (χ1v) is 5.75. The highest BCUT2D eigenvalue weighted by atomic mass is 19.4. The van der Waals surface area contributed by atoms with Crippen LogP contribution in [0.5, 0.6) is 0 Å². The Morgan fingerprint density at radius 1 is 1.14 bits per heavy atom. The van der Waals surface area contributed by atoms with E-state index in [0.717, 1.165) is 37.4 Å². The highest BCUT2D eigenvalue weighted by molar-refractivity contribution is 5.90. The van der Waals surface area contributed by atoms with E-state index < -0.39 is 23.5 Å². The summed E-state index contributed by atoms with van der Waals surface area (Å²) < 4.78 is 56.0. The molecule has 21 heavy (non-hydrogen) atoms. The number of benzene rings is 1. The number of carbonyl (C=O) groups excluding carboxylic acids is 1. The smallest absolute Gasteiger partial charge is 0.416 e. The fourth-order valence-electron chi connectivity index (χ4n) is 1.73. The molecule has 1 heterocycles. The summed E-state index contributed by atoms with van der Waals surface area (Å²) in [5, 5.41) is 0. The quantitative estimate of drug-likeness (QED) is 0.627. The number of ether oxygens (including phenoxy) is 1. The van der Waals surface area contributed by atoms with E-state index in [2.05, 4.69) is 9.72 Å². The van der Waals surface area contributed by atoms with Crippen molar-refractivity contribution in [2.24, 2.45) is 0 Å². The number of rotatable bonds is 2. The number of hydrogen-bond acceptors (Lipinski definition) is 3. The molecule has 0 saturated carbocycles. The maximum Gasteiger partial charge on any atom is 0.416 e. The van der Waals surface area contributed by atoms with Crippen molar-refractivity contribution in [2.75, 3.05) is 7.11 Å². The molecular weight excluding hydrogens is 290 g/mol. The number of esters is 1. The van der Waals surface area contributed by atoms with Gasteiger partial charge in [0.25, 0.3) is 0 Å². The van der Waals surface area contributed by atoms with Crippen LogP contribution in [0.2, 0.25) is 0 Å². The molecule has 0 bridgehead atoms. The van der Waals surface area contributed by atoms with E-state index >= 15 is 0 Å². The molecule has 0 amide bonds. The van der Waals surface area contributed by atoms with Crippen LogP contribution < -0.4 is 0 Å². The van der Waals surface area contributed by atoms with Crippen LogP contribution in [-0.2, 0) is 10.9 Å². The van der Waals surface area contributed by atoms with Crippen LogP contribution in [-0.4, -0.2) is 18.1 Å². The third kappa shape index (κ3) is 3.01. The lowest BCUT2D eigenvalue weighted by Gasteiger charge is -2.09. The van der Waals surface area contributed by atoms with Crippen molar-refractivity contribution in [3.8, 4) is 11.3 Å². The Labute approximate surface area is 117 Å². The summed E-state index contributed by atoms with van der Waals surface area (Å²) in [6.45, 7) is 0. The van der Waals surface area contributed by atoms with Gasteiger partial charge >= 0.3 is 12.1 Å². The standard InChI is InChI=1S/C14H9F4NO2/c1-21-13(20)10-6-7-19-12(11(10)15)8-2-4-9(5-3-8)14(16,17)18/h2-7H,1H3. The maximum atomic E-state index is 14.1. The lowest BCUT2D eigenvalue weighted by atomic mass is 10.1. The first-order chi connectivity index (χ1) is 9.84. The fraction of sp³-hybridized carbons (Fsp3) is 0.143. The molecule has 0 aliphatic heterocycles. The summed E-state index contributed by atoms with van der Waals surface area (Å²) in [5.74, 6) is -1.83. The topological polar surface area (TPSA) is 39.2 Å². The lowest BCUT2D eigenvalue weighted by molar-refractivity contribution is -0.137. The van der Waals surface area contributed by atoms with E-state index in [1.54, 1.807) is 0 Å². The molecule has 0 fully saturated rings. The number of methoxy groups -OCH3 is 1. The molecule has 1 aromatic heterocycles. The summed E-state index contributed by atoms with van der Waals surface area (Å²) in [4.78, 5) is 15.1. The lowest BCUT2D eigenvalue weighted by Crippen LogP contribution is -2.07. The van der Waals surface area contributed by atoms with Crippen LogP contribution in [0, 0.1) is 5.82 Å². The van der Waals surface area contributed by atoms with Crippen LogP contribution in [0.4, 0.5) is 17.6 Å². The largest absolute Gasteiger partial charge is 0.465 e. The number of halogens is 4. The van der Waals surface area contributed by atoms with Crippen LogP contribution >= 0.6 is 0 Å². The Morgan fingerprint density at radius 2 is 1.76 bits per heavy atom. The molecule has 0 saturated heterocycles. The van der Waals surface area contributed by atoms with Gasteiger partial charge < -0.3 is 4.74 Å². The van der Waals surface area contributed by atoms with Crippen molar-refractivity contribution in [3.05, 3.63) is 53.5 Å². The number of pyridine rings is 1. The molecular formula is C14H9F4NO2. The van der Waals surface area contributed by atoms with Gasteiger partial charge in [0.1, 0.15) is 5.69 Å². The van der Waals surface area contributed by atoms with Crippen molar-refractivity contribution in [1.82, 2.24) is 4.98 Å². The molecule has 110 valence electrons. The predicted molar refractivity (Wildman–Crippen MR) is 66.0 cm³/mol. The summed E-state index contributed by atoms with van der Waals surface area (Å²) in [6, 6.07) is 4.96. The van der Waals surface area contributed by atoms with Gasteiger partial charge in [-0.2, -0.15) is 13.2 Å². The Morgan fingerprint density at radius 3 is 2.29 bits per heavy atom. The van der Waals surface area contributed by atoms with Gasteiger partial charge in [-0.25, -0.2) is 9.18 Å². The zero-order valence-electron chi connectivity index (χ0n) is 10.7. The Balaban J connectivity index is 2.45. The molecule has 0 spiro atoms. The predicted octanol–water partition coefficient (Wildman–Crippen LogP) is 3.69.